The van der Waals surface area contributed by atoms with Gasteiger partial charge in [-0.25, -0.2) is 9.18 Å². The van der Waals surface area contributed by atoms with Gasteiger partial charge < -0.3 is 20.1 Å². The summed E-state index contributed by atoms with van der Waals surface area (Å²) < 4.78 is 21.0. The predicted octanol–water partition coefficient (Wildman–Crippen LogP) is 4.37. The number of ether oxygens (including phenoxy) is 1. The van der Waals surface area contributed by atoms with Crippen molar-refractivity contribution < 1.29 is 19.0 Å². The van der Waals surface area contributed by atoms with Crippen LogP contribution >= 0.6 is 11.6 Å². The SMILES string of the molecule is COc1cc(Cl)c(Cc2ccnc(CN3CCNC3=O)c2O)c(F)c1-c1ccccc1. The van der Waals surface area contributed by atoms with Crippen molar-refractivity contribution in [1.82, 2.24) is 15.2 Å². The van der Waals surface area contributed by atoms with Gasteiger partial charge in [0.05, 0.1) is 24.2 Å². The highest BCUT2D eigenvalue weighted by atomic mass is 35.5. The minimum Gasteiger partial charge on any atom is -0.506 e. The number of carbonyl (C=O) groups excluding carboxylic acids is 1. The number of nitrogens with one attached hydrogen (secondary N) is 1. The zero-order chi connectivity index (χ0) is 22.0. The summed E-state index contributed by atoms with van der Waals surface area (Å²) in [6.45, 7) is 1.25. The quantitative estimate of drug-likeness (QED) is 0.595. The highest BCUT2D eigenvalue weighted by Crippen LogP contribution is 2.39. The van der Waals surface area contributed by atoms with Gasteiger partial charge in [0.15, 0.2) is 0 Å². The highest BCUT2D eigenvalue weighted by Gasteiger charge is 2.24. The van der Waals surface area contributed by atoms with Crippen LogP contribution in [0.2, 0.25) is 5.02 Å². The standard InChI is InChI=1S/C23H21ClFN3O3/c1-31-19-12-17(24)16(21(25)20(19)14-5-3-2-4-6-14)11-15-7-8-26-18(22(15)29)13-28-10-9-27-23(28)30/h2-8,12,29H,9-11,13H2,1H3,(H,27,30). The van der Waals surface area contributed by atoms with Crippen molar-refractivity contribution in [2.45, 2.75) is 13.0 Å². The molecule has 2 amide bonds. The van der Waals surface area contributed by atoms with Crippen LogP contribution in [0.5, 0.6) is 11.5 Å². The maximum absolute atomic E-state index is 15.6. The van der Waals surface area contributed by atoms with Gasteiger partial charge in [-0.05, 0) is 17.7 Å². The van der Waals surface area contributed by atoms with Crippen LogP contribution in [0.15, 0.2) is 48.7 Å². The highest BCUT2D eigenvalue weighted by molar-refractivity contribution is 6.31. The number of halogens is 2. The predicted molar refractivity (Wildman–Crippen MR) is 116 cm³/mol. The van der Waals surface area contributed by atoms with Crippen molar-refractivity contribution >= 4 is 17.6 Å². The molecule has 8 heteroatoms. The molecule has 6 nitrogen and oxygen atoms in total. The lowest BCUT2D eigenvalue weighted by Crippen LogP contribution is -2.28. The summed E-state index contributed by atoms with van der Waals surface area (Å²) in [4.78, 5) is 17.6. The number of urea groups is 1. The Morgan fingerprint density at radius 3 is 2.74 bits per heavy atom. The first-order chi connectivity index (χ1) is 15.0. The molecular formula is C23H21ClFN3O3. The lowest BCUT2D eigenvalue weighted by molar-refractivity contribution is 0.214. The average Bonchev–Trinajstić information content (AvgIpc) is 3.18. The van der Waals surface area contributed by atoms with Crippen molar-refractivity contribution in [3.8, 4) is 22.6 Å². The molecule has 1 aliphatic heterocycles. The van der Waals surface area contributed by atoms with Gasteiger partial charge in [0.2, 0.25) is 0 Å². The lowest BCUT2D eigenvalue weighted by atomic mass is 9.96. The van der Waals surface area contributed by atoms with Gasteiger partial charge in [-0.3, -0.25) is 4.98 Å². The molecule has 1 fully saturated rings. The van der Waals surface area contributed by atoms with Gasteiger partial charge >= 0.3 is 6.03 Å². The molecule has 2 aromatic carbocycles. The van der Waals surface area contributed by atoms with E-state index in [2.05, 4.69) is 10.3 Å². The van der Waals surface area contributed by atoms with Crippen LogP contribution in [0.1, 0.15) is 16.8 Å². The second kappa shape index (κ2) is 8.81. The number of methoxy groups -OCH3 is 1. The van der Waals surface area contributed by atoms with E-state index in [-0.39, 0.29) is 35.3 Å². The summed E-state index contributed by atoms with van der Waals surface area (Å²) in [5.41, 5.74) is 2.03. The molecule has 160 valence electrons. The van der Waals surface area contributed by atoms with Crippen LogP contribution in [0.3, 0.4) is 0 Å². The molecule has 1 aromatic heterocycles. The Morgan fingerprint density at radius 1 is 1.29 bits per heavy atom. The van der Waals surface area contributed by atoms with Crippen molar-refractivity contribution in [2.75, 3.05) is 20.2 Å². The van der Waals surface area contributed by atoms with Crippen LogP contribution in [0.4, 0.5) is 9.18 Å². The third-order valence-electron chi connectivity index (χ3n) is 5.30. The van der Waals surface area contributed by atoms with E-state index >= 15 is 4.39 Å². The van der Waals surface area contributed by atoms with E-state index in [9.17, 15) is 9.90 Å². The van der Waals surface area contributed by atoms with Gasteiger partial charge in [-0.1, -0.05) is 41.9 Å². The normalized spacial score (nSPS) is 13.4. The number of aromatic nitrogens is 1. The molecule has 0 aliphatic carbocycles. The van der Waals surface area contributed by atoms with E-state index in [0.29, 0.717) is 41.2 Å². The first-order valence-electron chi connectivity index (χ1n) is 9.78. The van der Waals surface area contributed by atoms with Crippen molar-refractivity contribution in [1.29, 1.82) is 0 Å². The van der Waals surface area contributed by atoms with Crippen LogP contribution in [-0.4, -0.2) is 41.2 Å². The zero-order valence-corrected chi connectivity index (χ0v) is 17.6. The van der Waals surface area contributed by atoms with Crippen molar-refractivity contribution in [3.05, 3.63) is 76.3 Å². The second-order valence-corrected chi connectivity index (χ2v) is 7.60. The van der Waals surface area contributed by atoms with Gasteiger partial charge in [0.1, 0.15) is 23.0 Å². The summed E-state index contributed by atoms with van der Waals surface area (Å²) in [5, 5.41) is 13.7. The number of rotatable bonds is 6. The molecule has 0 saturated carbocycles. The monoisotopic (exact) mass is 441 g/mol. The Morgan fingerprint density at radius 2 is 2.06 bits per heavy atom. The summed E-state index contributed by atoms with van der Waals surface area (Å²) in [6.07, 6.45) is 1.59. The fourth-order valence-electron chi connectivity index (χ4n) is 3.67. The molecule has 2 N–H and O–H groups in total. The third-order valence-corrected chi connectivity index (χ3v) is 5.63. The first-order valence-corrected chi connectivity index (χ1v) is 10.2. The largest absolute Gasteiger partial charge is 0.506 e. The summed E-state index contributed by atoms with van der Waals surface area (Å²) >= 11 is 6.39. The fourth-order valence-corrected chi connectivity index (χ4v) is 3.92. The van der Waals surface area contributed by atoms with Crippen LogP contribution in [-0.2, 0) is 13.0 Å². The average molecular weight is 442 g/mol. The first kappa shape index (κ1) is 20.9. The molecule has 0 bridgehead atoms. The van der Waals surface area contributed by atoms with E-state index in [4.69, 9.17) is 16.3 Å². The van der Waals surface area contributed by atoms with Crippen LogP contribution < -0.4 is 10.1 Å². The minimum absolute atomic E-state index is 0.0576. The number of amides is 2. The number of aromatic hydroxyl groups is 1. The Bertz CT molecular complexity index is 1120. The number of carbonyl (C=O) groups is 1. The molecule has 2 heterocycles. The molecule has 31 heavy (non-hydrogen) atoms. The Kier molecular flexibility index (Phi) is 5.95. The maximum Gasteiger partial charge on any atom is 0.317 e. The van der Waals surface area contributed by atoms with E-state index in [1.807, 2.05) is 18.2 Å². The second-order valence-electron chi connectivity index (χ2n) is 7.19. The zero-order valence-electron chi connectivity index (χ0n) is 16.9. The van der Waals surface area contributed by atoms with Gasteiger partial charge in [-0.15, -0.1) is 0 Å². The van der Waals surface area contributed by atoms with Crippen LogP contribution in [0, 0.1) is 5.82 Å². The summed E-state index contributed by atoms with van der Waals surface area (Å²) in [6, 6.07) is 12.1. The summed E-state index contributed by atoms with van der Waals surface area (Å²) in [5.74, 6) is -0.251. The molecule has 1 saturated heterocycles. The van der Waals surface area contributed by atoms with Crippen LogP contribution in [0.25, 0.3) is 11.1 Å². The van der Waals surface area contributed by atoms with E-state index in [1.54, 1.807) is 29.2 Å². The number of benzene rings is 2. The van der Waals surface area contributed by atoms with Gasteiger partial charge in [0, 0.05) is 36.8 Å². The smallest absolute Gasteiger partial charge is 0.317 e. The number of pyridine rings is 1. The molecule has 0 radical (unpaired) electrons. The number of nitrogens with zero attached hydrogens (tertiary/aromatic N) is 2. The fraction of sp³-hybridized carbons (Fsp3) is 0.217. The summed E-state index contributed by atoms with van der Waals surface area (Å²) in [7, 11) is 1.46. The van der Waals surface area contributed by atoms with Crippen molar-refractivity contribution in [2.24, 2.45) is 0 Å². The molecule has 3 aromatic rings. The Hall–Kier alpha value is -3.32. The minimum atomic E-state index is -0.507. The molecule has 0 unspecified atom stereocenters. The van der Waals surface area contributed by atoms with E-state index < -0.39 is 5.82 Å². The molecule has 0 atom stereocenters. The lowest BCUT2D eigenvalue weighted by Gasteiger charge is -2.17. The van der Waals surface area contributed by atoms with Gasteiger partial charge in [0.25, 0.3) is 0 Å². The van der Waals surface area contributed by atoms with Gasteiger partial charge in [-0.2, -0.15) is 0 Å². The number of hydrogen-bond acceptors (Lipinski definition) is 4. The topological polar surface area (TPSA) is 74.7 Å². The van der Waals surface area contributed by atoms with E-state index in [1.165, 1.54) is 13.3 Å². The Labute approximate surface area is 184 Å². The molecular weight excluding hydrogens is 421 g/mol. The molecule has 0 spiro atoms. The van der Waals surface area contributed by atoms with Crippen molar-refractivity contribution in [3.63, 3.8) is 0 Å². The number of hydrogen-bond donors (Lipinski definition) is 2. The molecule has 4 rings (SSSR count). The van der Waals surface area contributed by atoms with E-state index in [0.717, 1.165) is 0 Å². The molecule has 1 aliphatic rings. The Balaban J connectivity index is 1.71. The third kappa shape index (κ3) is 4.14. The maximum atomic E-state index is 15.6.